The number of benzene rings is 3. The van der Waals surface area contributed by atoms with E-state index in [0.29, 0.717) is 6.54 Å². The Labute approximate surface area is 211 Å². The van der Waals surface area contributed by atoms with Gasteiger partial charge in [0.05, 0.1) is 31.1 Å². The average molecular weight is 482 g/mol. The molecule has 1 saturated heterocycles. The van der Waals surface area contributed by atoms with Gasteiger partial charge >= 0.3 is 0 Å². The fourth-order valence-electron chi connectivity index (χ4n) is 4.45. The van der Waals surface area contributed by atoms with Gasteiger partial charge < -0.3 is 15.0 Å². The van der Waals surface area contributed by atoms with E-state index in [2.05, 4.69) is 40.7 Å². The van der Waals surface area contributed by atoms with E-state index in [1.165, 1.54) is 0 Å². The zero-order valence-electron chi connectivity index (χ0n) is 20.5. The Balaban J connectivity index is 1.24. The number of nitrogens with one attached hydrogen (secondary N) is 1. The average Bonchev–Trinajstić information content (AvgIpc) is 3.34. The van der Waals surface area contributed by atoms with Crippen LogP contribution in [0.2, 0.25) is 0 Å². The Bertz CT molecular complexity index is 1270. The van der Waals surface area contributed by atoms with Crippen molar-refractivity contribution in [2.75, 3.05) is 50.1 Å². The molecule has 5 rings (SSSR count). The lowest BCUT2D eigenvalue weighted by atomic mass is 10.1. The van der Waals surface area contributed by atoms with Gasteiger partial charge in [-0.1, -0.05) is 48.5 Å². The maximum Gasteiger partial charge on any atom is 0.238 e. The molecule has 1 aliphatic rings. The highest BCUT2D eigenvalue weighted by Gasteiger charge is 2.16. The van der Waals surface area contributed by atoms with E-state index >= 15 is 0 Å². The van der Waals surface area contributed by atoms with Gasteiger partial charge in [0.25, 0.3) is 0 Å². The number of anilines is 2. The third kappa shape index (κ3) is 5.82. The predicted molar refractivity (Wildman–Crippen MR) is 143 cm³/mol. The molecule has 2 heterocycles. The van der Waals surface area contributed by atoms with Crippen LogP contribution < -0.4 is 10.2 Å². The second-order valence-electron chi connectivity index (χ2n) is 9.02. The molecule has 4 aromatic rings. The molecule has 1 fully saturated rings. The first-order valence-electron chi connectivity index (χ1n) is 12.3. The molecule has 0 bridgehead atoms. The van der Waals surface area contributed by atoms with Crippen LogP contribution in [0.4, 0.5) is 11.4 Å². The first-order valence-corrected chi connectivity index (χ1v) is 12.3. The van der Waals surface area contributed by atoms with Gasteiger partial charge in [-0.05, 0) is 43.4 Å². The summed E-state index contributed by atoms with van der Waals surface area (Å²) < 4.78 is 7.33. The van der Waals surface area contributed by atoms with E-state index in [0.717, 1.165) is 60.2 Å². The summed E-state index contributed by atoms with van der Waals surface area (Å²) in [5.41, 5.74) is 5.99. The van der Waals surface area contributed by atoms with Crippen LogP contribution in [0.25, 0.3) is 16.9 Å². The fourth-order valence-corrected chi connectivity index (χ4v) is 4.45. The molecule has 0 atom stereocenters. The Hall–Kier alpha value is -3.94. The molecule has 1 aliphatic heterocycles. The lowest BCUT2D eigenvalue weighted by molar-refractivity contribution is -0.117. The maximum atomic E-state index is 12.8. The summed E-state index contributed by atoms with van der Waals surface area (Å²) in [6.07, 6.45) is 2.05. The summed E-state index contributed by atoms with van der Waals surface area (Å²) >= 11 is 0. The Morgan fingerprint density at radius 1 is 0.917 bits per heavy atom. The van der Waals surface area contributed by atoms with Crippen molar-refractivity contribution in [1.29, 1.82) is 0 Å². The van der Waals surface area contributed by atoms with Gasteiger partial charge in [-0.25, -0.2) is 4.68 Å². The van der Waals surface area contributed by atoms with E-state index in [-0.39, 0.29) is 12.5 Å². The van der Waals surface area contributed by atoms with E-state index in [4.69, 9.17) is 9.84 Å². The number of aromatic nitrogens is 2. The van der Waals surface area contributed by atoms with Crippen LogP contribution in [0.15, 0.2) is 91.1 Å². The molecule has 0 unspecified atom stereocenters. The van der Waals surface area contributed by atoms with Crippen molar-refractivity contribution in [2.24, 2.45) is 0 Å². The van der Waals surface area contributed by atoms with E-state index in [9.17, 15) is 4.79 Å². The molecular formula is C29H31N5O2. The SMILES string of the molecule is CN(CC(=O)Nc1ccc(N2CCOCC2)cc1)Cc1cn(-c2ccccc2)nc1-c1ccccc1. The second-order valence-corrected chi connectivity index (χ2v) is 9.02. The Morgan fingerprint density at radius 3 is 2.28 bits per heavy atom. The van der Waals surface area contributed by atoms with E-state index in [1.54, 1.807) is 0 Å². The fraction of sp³-hybridized carbons (Fsp3) is 0.241. The molecule has 7 heteroatoms. The minimum Gasteiger partial charge on any atom is -0.378 e. The first kappa shape index (κ1) is 23.8. The van der Waals surface area contributed by atoms with Gasteiger partial charge in [-0.15, -0.1) is 0 Å². The molecule has 0 aliphatic carbocycles. The van der Waals surface area contributed by atoms with E-state index in [1.807, 2.05) is 77.3 Å². The summed E-state index contributed by atoms with van der Waals surface area (Å²) in [5.74, 6) is -0.0478. The topological polar surface area (TPSA) is 62.6 Å². The number of hydrogen-bond donors (Lipinski definition) is 1. The van der Waals surface area contributed by atoms with Crippen molar-refractivity contribution in [1.82, 2.24) is 14.7 Å². The minimum absolute atomic E-state index is 0.0478. The zero-order valence-corrected chi connectivity index (χ0v) is 20.5. The normalized spacial score (nSPS) is 13.7. The molecule has 7 nitrogen and oxygen atoms in total. The van der Waals surface area contributed by atoms with Crippen LogP contribution >= 0.6 is 0 Å². The molecule has 3 aromatic carbocycles. The van der Waals surface area contributed by atoms with Crippen LogP contribution in [0.5, 0.6) is 0 Å². The lowest BCUT2D eigenvalue weighted by Crippen LogP contribution is -2.36. The molecule has 184 valence electrons. The van der Waals surface area contributed by atoms with Gasteiger partial charge in [-0.2, -0.15) is 5.10 Å². The van der Waals surface area contributed by atoms with E-state index < -0.39 is 0 Å². The molecule has 36 heavy (non-hydrogen) atoms. The Kier molecular flexibility index (Phi) is 7.40. The number of hydrogen-bond acceptors (Lipinski definition) is 5. The highest BCUT2D eigenvalue weighted by molar-refractivity contribution is 5.92. The molecule has 0 spiro atoms. The molecule has 0 radical (unpaired) electrons. The maximum absolute atomic E-state index is 12.8. The lowest BCUT2D eigenvalue weighted by Gasteiger charge is -2.28. The van der Waals surface area contributed by atoms with Crippen LogP contribution in [-0.2, 0) is 16.1 Å². The number of para-hydroxylation sites is 1. The largest absolute Gasteiger partial charge is 0.378 e. The van der Waals surface area contributed by atoms with Crippen LogP contribution in [0.3, 0.4) is 0 Å². The first-order chi connectivity index (χ1) is 17.7. The van der Waals surface area contributed by atoms with Gasteiger partial charge in [-0.3, -0.25) is 9.69 Å². The predicted octanol–water partition coefficient (Wildman–Crippen LogP) is 4.45. The Morgan fingerprint density at radius 2 is 1.58 bits per heavy atom. The van der Waals surface area contributed by atoms with Gasteiger partial charge in [0, 0.05) is 48.3 Å². The number of likely N-dealkylation sites (N-methyl/N-ethyl adjacent to an activating group) is 1. The second kappa shape index (κ2) is 11.2. The smallest absolute Gasteiger partial charge is 0.238 e. The molecule has 0 saturated carbocycles. The highest BCUT2D eigenvalue weighted by atomic mass is 16.5. The number of ether oxygens (including phenoxy) is 1. The molecule has 1 aromatic heterocycles. The van der Waals surface area contributed by atoms with Crippen LogP contribution in [-0.4, -0.2) is 60.5 Å². The van der Waals surface area contributed by atoms with Crippen molar-refractivity contribution in [2.45, 2.75) is 6.54 Å². The van der Waals surface area contributed by atoms with Crippen molar-refractivity contribution >= 4 is 17.3 Å². The number of morpholine rings is 1. The quantitative estimate of drug-likeness (QED) is 0.403. The number of carbonyl (C=O) groups excluding carboxylic acids is 1. The summed E-state index contributed by atoms with van der Waals surface area (Å²) in [6.45, 7) is 4.16. The van der Waals surface area contributed by atoms with Gasteiger partial charge in [0.2, 0.25) is 5.91 Å². The van der Waals surface area contributed by atoms with Crippen molar-refractivity contribution in [3.05, 3.63) is 96.7 Å². The number of nitrogens with zero attached hydrogens (tertiary/aromatic N) is 4. The van der Waals surface area contributed by atoms with Gasteiger partial charge in [0.1, 0.15) is 0 Å². The van der Waals surface area contributed by atoms with Crippen molar-refractivity contribution < 1.29 is 9.53 Å². The molecular weight excluding hydrogens is 450 g/mol. The van der Waals surface area contributed by atoms with Crippen LogP contribution in [0, 0.1) is 0 Å². The minimum atomic E-state index is -0.0478. The van der Waals surface area contributed by atoms with Gasteiger partial charge in [0.15, 0.2) is 0 Å². The summed E-state index contributed by atoms with van der Waals surface area (Å²) in [7, 11) is 1.95. The number of carbonyl (C=O) groups is 1. The summed E-state index contributed by atoms with van der Waals surface area (Å²) in [6, 6.07) is 28.2. The number of amides is 1. The van der Waals surface area contributed by atoms with Crippen molar-refractivity contribution in [3.63, 3.8) is 0 Å². The molecule has 1 N–H and O–H groups in total. The number of rotatable bonds is 8. The third-order valence-electron chi connectivity index (χ3n) is 6.24. The molecule has 1 amide bonds. The monoisotopic (exact) mass is 481 g/mol. The zero-order chi connectivity index (χ0) is 24.7. The third-order valence-corrected chi connectivity index (χ3v) is 6.24. The summed E-state index contributed by atoms with van der Waals surface area (Å²) in [5, 5.41) is 7.90. The van der Waals surface area contributed by atoms with Crippen LogP contribution in [0.1, 0.15) is 5.56 Å². The van der Waals surface area contributed by atoms with Crippen molar-refractivity contribution in [3.8, 4) is 16.9 Å². The standard InChI is InChI=1S/C29H31N5O2/c1-32(22-28(35)30-25-12-14-26(15-13-25)33-16-18-36-19-17-33)20-24-21-34(27-10-6-3-7-11-27)31-29(24)23-8-4-2-5-9-23/h2-15,21H,16-20,22H2,1H3,(H,30,35). The summed E-state index contributed by atoms with van der Waals surface area (Å²) in [4.78, 5) is 17.1. The highest BCUT2D eigenvalue weighted by Crippen LogP contribution is 2.25.